The Morgan fingerprint density at radius 2 is 1.89 bits per heavy atom. The molecule has 0 aromatic heterocycles. The zero-order valence-corrected chi connectivity index (χ0v) is 12.9. The van der Waals surface area contributed by atoms with Crippen LogP contribution in [0, 0.1) is 5.41 Å². The van der Waals surface area contributed by atoms with Crippen LogP contribution in [-0.2, 0) is 9.59 Å². The number of amides is 2. The van der Waals surface area contributed by atoms with E-state index in [0.29, 0.717) is 6.54 Å². The van der Waals surface area contributed by atoms with Crippen molar-refractivity contribution < 1.29 is 9.59 Å². The molecule has 0 aromatic carbocycles. The zero-order chi connectivity index (χ0) is 14.8. The Kier molecular flexibility index (Phi) is 4.96. The smallest absolute Gasteiger partial charge is 0.245 e. The summed E-state index contributed by atoms with van der Waals surface area (Å²) in [6.07, 6.45) is 0. The van der Waals surface area contributed by atoms with Gasteiger partial charge in [0.25, 0.3) is 0 Å². The van der Waals surface area contributed by atoms with Gasteiger partial charge in [-0.15, -0.1) is 0 Å². The van der Waals surface area contributed by atoms with Gasteiger partial charge in [-0.3, -0.25) is 9.59 Å². The molecule has 1 saturated heterocycles. The molecule has 1 aliphatic heterocycles. The first-order chi connectivity index (χ1) is 8.64. The maximum atomic E-state index is 12.4. The Hall–Kier alpha value is -1.10. The lowest BCUT2D eigenvalue weighted by atomic mass is 9.95. The number of piperazine rings is 1. The summed E-state index contributed by atoms with van der Waals surface area (Å²) in [5.74, 6) is -0.0948. The van der Waals surface area contributed by atoms with Crippen LogP contribution in [0.3, 0.4) is 0 Å². The van der Waals surface area contributed by atoms with E-state index < -0.39 is 11.5 Å². The van der Waals surface area contributed by atoms with E-state index in [4.69, 9.17) is 0 Å². The highest BCUT2D eigenvalue weighted by molar-refractivity contribution is 5.89. The number of carbonyl (C=O) groups is 2. The molecule has 0 bridgehead atoms. The third-order valence-corrected chi connectivity index (χ3v) is 3.72. The van der Waals surface area contributed by atoms with Gasteiger partial charge in [0, 0.05) is 30.6 Å². The Morgan fingerprint density at radius 1 is 1.32 bits per heavy atom. The van der Waals surface area contributed by atoms with Crippen molar-refractivity contribution in [2.75, 3.05) is 13.1 Å². The number of carbonyl (C=O) groups excluding carboxylic acids is 2. The zero-order valence-electron chi connectivity index (χ0n) is 12.9. The van der Waals surface area contributed by atoms with E-state index in [1.165, 1.54) is 0 Å². The number of nitrogens with zero attached hydrogens (tertiary/aromatic N) is 1. The lowest BCUT2D eigenvalue weighted by molar-refractivity contribution is -0.140. The molecule has 5 nitrogen and oxygen atoms in total. The number of nitrogens with one attached hydrogen (secondary N) is 2. The maximum Gasteiger partial charge on any atom is 0.245 e. The average molecular weight is 269 g/mol. The van der Waals surface area contributed by atoms with Gasteiger partial charge in [0.15, 0.2) is 0 Å². The Labute approximate surface area is 116 Å². The van der Waals surface area contributed by atoms with Crippen molar-refractivity contribution >= 4 is 11.8 Å². The molecular weight excluding hydrogens is 242 g/mol. The van der Waals surface area contributed by atoms with Gasteiger partial charge in [0.2, 0.25) is 11.8 Å². The molecule has 5 heteroatoms. The van der Waals surface area contributed by atoms with Gasteiger partial charge in [0.05, 0.1) is 0 Å². The Morgan fingerprint density at radius 3 is 2.42 bits per heavy atom. The molecule has 0 spiro atoms. The van der Waals surface area contributed by atoms with Gasteiger partial charge in [-0.25, -0.2) is 0 Å². The molecule has 3 unspecified atom stereocenters. The minimum absolute atomic E-state index is 0.00144. The van der Waals surface area contributed by atoms with Gasteiger partial charge >= 0.3 is 0 Å². The summed E-state index contributed by atoms with van der Waals surface area (Å²) in [4.78, 5) is 26.2. The van der Waals surface area contributed by atoms with Crippen molar-refractivity contribution in [3.05, 3.63) is 0 Å². The van der Waals surface area contributed by atoms with Gasteiger partial charge < -0.3 is 15.5 Å². The minimum atomic E-state index is -0.475. The van der Waals surface area contributed by atoms with Crippen molar-refractivity contribution in [3.63, 3.8) is 0 Å². The first-order valence-corrected chi connectivity index (χ1v) is 6.99. The molecule has 110 valence electrons. The van der Waals surface area contributed by atoms with Crippen molar-refractivity contribution in [2.24, 2.45) is 5.41 Å². The topological polar surface area (TPSA) is 61.4 Å². The number of rotatable bonds is 2. The molecular formula is C14H27N3O2. The van der Waals surface area contributed by atoms with Gasteiger partial charge in [0.1, 0.15) is 6.04 Å². The molecule has 0 saturated carbocycles. The van der Waals surface area contributed by atoms with Gasteiger partial charge in [-0.05, 0) is 20.8 Å². The third-order valence-electron chi connectivity index (χ3n) is 3.72. The van der Waals surface area contributed by atoms with Crippen LogP contribution in [0.15, 0.2) is 0 Å². The summed E-state index contributed by atoms with van der Waals surface area (Å²) in [5.41, 5.74) is -0.475. The standard InChI is InChI=1S/C14H27N3O2/c1-9-11(3)17(8-7-15-9)12(18)10(2)16-13(19)14(4,5)6/h9-11,15H,7-8H2,1-6H3,(H,16,19). The minimum Gasteiger partial charge on any atom is -0.344 e. The Bertz CT molecular complexity index is 349. The van der Waals surface area contributed by atoms with Crippen LogP contribution < -0.4 is 10.6 Å². The second-order valence-corrected chi connectivity index (χ2v) is 6.46. The molecule has 1 rings (SSSR count). The van der Waals surface area contributed by atoms with Crippen LogP contribution in [-0.4, -0.2) is 47.9 Å². The van der Waals surface area contributed by atoms with E-state index in [-0.39, 0.29) is 23.9 Å². The number of hydrogen-bond acceptors (Lipinski definition) is 3. The van der Waals surface area contributed by atoms with Crippen LogP contribution >= 0.6 is 0 Å². The van der Waals surface area contributed by atoms with E-state index in [1.54, 1.807) is 6.92 Å². The summed E-state index contributed by atoms with van der Waals surface area (Å²) in [6.45, 7) is 12.9. The van der Waals surface area contributed by atoms with Crippen LogP contribution in [0.25, 0.3) is 0 Å². The van der Waals surface area contributed by atoms with Crippen molar-refractivity contribution in [1.82, 2.24) is 15.5 Å². The summed E-state index contributed by atoms with van der Waals surface area (Å²) >= 11 is 0. The molecule has 0 aliphatic carbocycles. The highest BCUT2D eigenvalue weighted by atomic mass is 16.2. The molecule has 1 heterocycles. The lowest BCUT2D eigenvalue weighted by Gasteiger charge is -2.40. The maximum absolute atomic E-state index is 12.4. The summed E-state index contributed by atoms with van der Waals surface area (Å²) < 4.78 is 0. The first-order valence-electron chi connectivity index (χ1n) is 6.99. The second kappa shape index (κ2) is 5.90. The van der Waals surface area contributed by atoms with Gasteiger partial charge in [-0.1, -0.05) is 20.8 Å². The summed E-state index contributed by atoms with van der Waals surface area (Å²) in [5, 5.41) is 6.14. The molecule has 1 aliphatic rings. The van der Waals surface area contributed by atoms with Gasteiger partial charge in [-0.2, -0.15) is 0 Å². The van der Waals surface area contributed by atoms with E-state index in [1.807, 2.05) is 32.6 Å². The average Bonchev–Trinajstić information content (AvgIpc) is 2.30. The van der Waals surface area contributed by atoms with Crippen LogP contribution in [0.1, 0.15) is 41.5 Å². The largest absolute Gasteiger partial charge is 0.344 e. The Balaban J connectivity index is 2.64. The van der Waals surface area contributed by atoms with Crippen molar-refractivity contribution in [3.8, 4) is 0 Å². The van der Waals surface area contributed by atoms with E-state index in [2.05, 4.69) is 17.6 Å². The van der Waals surface area contributed by atoms with Crippen LogP contribution in [0.2, 0.25) is 0 Å². The lowest BCUT2D eigenvalue weighted by Crippen LogP contribution is -2.61. The quantitative estimate of drug-likeness (QED) is 0.777. The molecule has 3 atom stereocenters. The highest BCUT2D eigenvalue weighted by Gasteiger charge is 2.32. The molecule has 2 amide bonds. The van der Waals surface area contributed by atoms with Crippen LogP contribution in [0.4, 0.5) is 0 Å². The fourth-order valence-corrected chi connectivity index (χ4v) is 2.09. The monoisotopic (exact) mass is 269 g/mol. The van der Waals surface area contributed by atoms with E-state index >= 15 is 0 Å². The molecule has 19 heavy (non-hydrogen) atoms. The molecule has 1 fully saturated rings. The summed E-state index contributed by atoms with van der Waals surface area (Å²) in [7, 11) is 0. The van der Waals surface area contributed by atoms with Crippen LogP contribution in [0.5, 0.6) is 0 Å². The normalized spacial score (nSPS) is 25.9. The predicted octanol–water partition coefficient (Wildman–Crippen LogP) is 0.746. The second-order valence-electron chi connectivity index (χ2n) is 6.46. The summed E-state index contributed by atoms with van der Waals surface area (Å²) in [6, 6.07) is -0.0436. The van der Waals surface area contributed by atoms with E-state index in [0.717, 1.165) is 6.54 Å². The predicted molar refractivity (Wildman–Crippen MR) is 75.7 cm³/mol. The molecule has 0 aromatic rings. The fraction of sp³-hybridized carbons (Fsp3) is 0.857. The molecule has 2 N–H and O–H groups in total. The highest BCUT2D eigenvalue weighted by Crippen LogP contribution is 2.14. The van der Waals surface area contributed by atoms with E-state index in [9.17, 15) is 9.59 Å². The fourth-order valence-electron chi connectivity index (χ4n) is 2.09. The SMILES string of the molecule is CC(NC(=O)C(C)(C)C)C(=O)N1CCNC(C)C1C. The third kappa shape index (κ3) is 3.93. The molecule has 0 radical (unpaired) electrons. The van der Waals surface area contributed by atoms with Crippen molar-refractivity contribution in [2.45, 2.75) is 59.7 Å². The first kappa shape index (κ1) is 16.0. The number of hydrogen-bond donors (Lipinski definition) is 2. The van der Waals surface area contributed by atoms with Crippen molar-refractivity contribution in [1.29, 1.82) is 0 Å².